The van der Waals surface area contributed by atoms with Crippen LogP contribution in [0.2, 0.25) is 5.02 Å². The quantitative estimate of drug-likeness (QED) is 0.861. The van der Waals surface area contributed by atoms with Crippen molar-refractivity contribution in [1.29, 1.82) is 5.26 Å². The van der Waals surface area contributed by atoms with Gasteiger partial charge in [-0.2, -0.15) is 5.26 Å². The highest BCUT2D eigenvalue weighted by Crippen LogP contribution is 2.22. The molecule has 0 N–H and O–H groups in total. The van der Waals surface area contributed by atoms with Crippen LogP contribution in [-0.4, -0.2) is 41.9 Å². The number of halogens is 1. The van der Waals surface area contributed by atoms with Gasteiger partial charge < -0.3 is 4.90 Å². The summed E-state index contributed by atoms with van der Waals surface area (Å²) in [6, 6.07) is 18.8. The van der Waals surface area contributed by atoms with Gasteiger partial charge in [-0.3, -0.25) is 9.69 Å². The van der Waals surface area contributed by atoms with Crippen molar-refractivity contribution in [2.45, 2.75) is 6.04 Å². The van der Waals surface area contributed by atoms with Gasteiger partial charge in [-0.1, -0.05) is 41.9 Å². The highest BCUT2D eigenvalue weighted by atomic mass is 35.5. The lowest BCUT2D eigenvalue weighted by molar-refractivity contribution is 0.0606. The maximum absolute atomic E-state index is 12.5. The Bertz CT molecular complexity index is 731. The largest absolute Gasteiger partial charge is 0.336 e. The summed E-state index contributed by atoms with van der Waals surface area (Å²) in [5.41, 5.74) is 1.64. The molecule has 122 valence electrons. The second-order valence-electron chi connectivity index (χ2n) is 5.78. The molecule has 1 saturated heterocycles. The molecule has 0 aliphatic carbocycles. The Balaban J connectivity index is 1.64. The van der Waals surface area contributed by atoms with Crippen LogP contribution in [0.25, 0.3) is 0 Å². The van der Waals surface area contributed by atoms with Crippen LogP contribution in [0, 0.1) is 11.3 Å². The first-order valence-electron chi connectivity index (χ1n) is 7.92. The lowest BCUT2D eigenvalue weighted by atomic mass is 10.1. The molecule has 0 spiro atoms. The van der Waals surface area contributed by atoms with E-state index in [4.69, 9.17) is 11.6 Å². The molecule has 0 bridgehead atoms. The molecule has 1 fully saturated rings. The minimum absolute atomic E-state index is 0.0135. The van der Waals surface area contributed by atoms with Gasteiger partial charge in [0.15, 0.2) is 0 Å². The van der Waals surface area contributed by atoms with Crippen LogP contribution < -0.4 is 0 Å². The highest BCUT2D eigenvalue weighted by Gasteiger charge is 2.27. The Hall–Kier alpha value is -2.35. The van der Waals surface area contributed by atoms with Crippen LogP contribution in [0.1, 0.15) is 22.0 Å². The number of hydrogen-bond acceptors (Lipinski definition) is 3. The number of piperazine rings is 1. The minimum Gasteiger partial charge on any atom is -0.336 e. The average Bonchev–Trinajstić information content (AvgIpc) is 2.64. The fourth-order valence-electron chi connectivity index (χ4n) is 2.96. The maximum atomic E-state index is 12.5. The molecule has 0 radical (unpaired) electrons. The fourth-order valence-corrected chi connectivity index (χ4v) is 3.09. The third-order valence-electron chi connectivity index (χ3n) is 4.30. The van der Waals surface area contributed by atoms with Gasteiger partial charge in [-0.25, -0.2) is 0 Å². The minimum atomic E-state index is -0.265. The maximum Gasteiger partial charge on any atom is 0.253 e. The zero-order chi connectivity index (χ0) is 16.9. The van der Waals surface area contributed by atoms with E-state index in [2.05, 4.69) is 11.0 Å². The first kappa shape index (κ1) is 16.5. The summed E-state index contributed by atoms with van der Waals surface area (Å²) in [7, 11) is 0. The van der Waals surface area contributed by atoms with Crippen LogP contribution in [0.3, 0.4) is 0 Å². The SMILES string of the molecule is N#C[C@@H](c1ccccc1)N1CCN(C(=O)c2ccc(Cl)cc2)CC1. The van der Waals surface area contributed by atoms with Crippen molar-refractivity contribution in [3.05, 3.63) is 70.7 Å². The van der Waals surface area contributed by atoms with Crippen molar-refractivity contribution in [3.63, 3.8) is 0 Å². The number of carbonyl (C=O) groups is 1. The van der Waals surface area contributed by atoms with Crippen LogP contribution in [-0.2, 0) is 0 Å². The molecule has 2 aromatic rings. The molecule has 5 heteroatoms. The van der Waals surface area contributed by atoms with Crippen molar-refractivity contribution < 1.29 is 4.79 Å². The summed E-state index contributed by atoms with van der Waals surface area (Å²) in [6.45, 7) is 2.61. The van der Waals surface area contributed by atoms with E-state index in [-0.39, 0.29) is 11.9 Å². The van der Waals surface area contributed by atoms with E-state index >= 15 is 0 Å². The predicted octanol–water partition coefficient (Wildman–Crippen LogP) is 3.36. The molecule has 24 heavy (non-hydrogen) atoms. The lowest BCUT2D eigenvalue weighted by Crippen LogP contribution is -2.49. The van der Waals surface area contributed by atoms with Crippen molar-refractivity contribution in [1.82, 2.24) is 9.80 Å². The van der Waals surface area contributed by atoms with Gasteiger partial charge in [0.1, 0.15) is 6.04 Å². The van der Waals surface area contributed by atoms with E-state index in [0.29, 0.717) is 36.8 Å². The summed E-state index contributed by atoms with van der Waals surface area (Å²) in [5, 5.41) is 10.1. The summed E-state index contributed by atoms with van der Waals surface area (Å²) in [6.07, 6.45) is 0. The summed E-state index contributed by atoms with van der Waals surface area (Å²) in [5.74, 6) is 0.0135. The molecule has 1 heterocycles. The average molecular weight is 340 g/mol. The van der Waals surface area contributed by atoms with Gasteiger partial charge >= 0.3 is 0 Å². The number of hydrogen-bond donors (Lipinski definition) is 0. The molecule has 1 amide bonds. The molecule has 1 atom stereocenters. The Morgan fingerprint density at radius 1 is 1.00 bits per heavy atom. The van der Waals surface area contributed by atoms with E-state index in [1.807, 2.05) is 35.2 Å². The first-order chi connectivity index (χ1) is 11.7. The predicted molar refractivity (Wildman–Crippen MR) is 93.7 cm³/mol. The van der Waals surface area contributed by atoms with E-state index in [1.54, 1.807) is 24.3 Å². The van der Waals surface area contributed by atoms with Crippen molar-refractivity contribution >= 4 is 17.5 Å². The first-order valence-corrected chi connectivity index (χ1v) is 8.30. The molecule has 3 rings (SSSR count). The number of rotatable bonds is 3. The molecule has 0 aromatic heterocycles. The van der Waals surface area contributed by atoms with Gasteiger partial charge in [-0.05, 0) is 29.8 Å². The van der Waals surface area contributed by atoms with Gasteiger partial charge in [-0.15, -0.1) is 0 Å². The van der Waals surface area contributed by atoms with E-state index in [1.165, 1.54) is 0 Å². The van der Waals surface area contributed by atoms with Crippen LogP contribution >= 0.6 is 11.6 Å². The van der Waals surface area contributed by atoms with Gasteiger partial charge in [0.25, 0.3) is 5.91 Å². The smallest absolute Gasteiger partial charge is 0.253 e. The normalized spacial score (nSPS) is 16.4. The van der Waals surface area contributed by atoms with Crippen molar-refractivity contribution in [3.8, 4) is 6.07 Å². The highest BCUT2D eigenvalue weighted by molar-refractivity contribution is 6.30. The molecule has 0 saturated carbocycles. The van der Waals surface area contributed by atoms with Crippen LogP contribution in [0.15, 0.2) is 54.6 Å². The second-order valence-corrected chi connectivity index (χ2v) is 6.21. The van der Waals surface area contributed by atoms with Gasteiger partial charge in [0.2, 0.25) is 0 Å². The lowest BCUT2D eigenvalue weighted by Gasteiger charge is -2.37. The Labute approximate surface area is 146 Å². The number of nitrogens with zero attached hydrogens (tertiary/aromatic N) is 3. The summed E-state index contributed by atoms with van der Waals surface area (Å²) in [4.78, 5) is 16.5. The zero-order valence-electron chi connectivity index (χ0n) is 13.2. The van der Waals surface area contributed by atoms with E-state index in [0.717, 1.165) is 5.56 Å². The van der Waals surface area contributed by atoms with E-state index < -0.39 is 0 Å². The molecule has 4 nitrogen and oxygen atoms in total. The van der Waals surface area contributed by atoms with Gasteiger partial charge in [0, 0.05) is 36.8 Å². The molecule has 2 aromatic carbocycles. The summed E-state index contributed by atoms with van der Waals surface area (Å²) >= 11 is 5.87. The van der Waals surface area contributed by atoms with Crippen LogP contribution in [0.5, 0.6) is 0 Å². The van der Waals surface area contributed by atoms with Crippen molar-refractivity contribution in [2.75, 3.05) is 26.2 Å². The van der Waals surface area contributed by atoms with Gasteiger partial charge in [0.05, 0.1) is 6.07 Å². The third-order valence-corrected chi connectivity index (χ3v) is 4.55. The molecular formula is C19H18ClN3O. The molecular weight excluding hydrogens is 322 g/mol. The van der Waals surface area contributed by atoms with Crippen molar-refractivity contribution in [2.24, 2.45) is 0 Å². The monoisotopic (exact) mass is 339 g/mol. The Morgan fingerprint density at radius 2 is 1.62 bits per heavy atom. The summed E-state index contributed by atoms with van der Waals surface area (Å²) < 4.78 is 0. The zero-order valence-corrected chi connectivity index (χ0v) is 14.0. The Morgan fingerprint density at radius 3 is 2.21 bits per heavy atom. The number of nitriles is 1. The third kappa shape index (κ3) is 3.59. The number of benzene rings is 2. The topological polar surface area (TPSA) is 47.3 Å². The Kier molecular flexibility index (Phi) is 5.14. The standard InChI is InChI=1S/C19H18ClN3O/c20-17-8-6-16(7-9-17)19(24)23-12-10-22(11-13-23)18(14-21)15-4-2-1-3-5-15/h1-9,18H,10-13H2/t18-/m0/s1. The van der Waals surface area contributed by atoms with E-state index in [9.17, 15) is 10.1 Å². The fraction of sp³-hybridized carbons (Fsp3) is 0.263. The van der Waals surface area contributed by atoms with Crippen LogP contribution in [0.4, 0.5) is 0 Å². The number of amides is 1. The second kappa shape index (κ2) is 7.48. The molecule has 1 aliphatic rings. The molecule has 1 aliphatic heterocycles. The molecule has 0 unspecified atom stereocenters. The number of carbonyl (C=O) groups excluding carboxylic acids is 1.